The molecule has 0 amide bonds. The lowest BCUT2D eigenvalue weighted by Gasteiger charge is -2.23. The maximum Gasteiger partial charge on any atom is 0.186 e. The third-order valence-electron chi connectivity index (χ3n) is 2.96. The number of hydrogen-bond acceptors (Lipinski definition) is 5. The van der Waals surface area contributed by atoms with E-state index in [2.05, 4.69) is 21.2 Å². The number of fused-ring (bicyclic) bond motifs is 1. The summed E-state index contributed by atoms with van der Waals surface area (Å²) in [6.45, 7) is 5.48. The van der Waals surface area contributed by atoms with Gasteiger partial charge in [-0.3, -0.25) is 0 Å². The average Bonchev–Trinajstić information content (AvgIpc) is 2.73. The van der Waals surface area contributed by atoms with Crippen molar-refractivity contribution in [2.24, 2.45) is 0 Å². The van der Waals surface area contributed by atoms with Gasteiger partial charge in [-0.25, -0.2) is 0 Å². The van der Waals surface area contributed by atoms with Gasteiger partial charge in [0, 0.05) is 25.5 Å². The molecule has 2 fully saturated rings. The van der Waals surface area contributed by atoms with Crippen LogP contribution in [0.4, 0.5) is 0 Å². The van der Waals surface area contributed by atoms with Crippen LogP contribution < -0.4 is 5.32 Å². The molecular weight excluding hydrogens is 370 g/mol. The summed E-state index contributed by atoms with van der Waals surface area (Å²) in [6.07, 6.45) is -0.549. The van der Waals surface area contributed by atoms with Gasteiger partial charge >= 0.3 is 0 Å². The van der Waals surface area contributed by atoms with Crippen LogP contribution in [-0.2, 0) is 18.9 Å². The van der Waals surface area contributed by atoms with E-state index in [4.69, 9.17) is 18.9 Å². The van der Waals surface area contributed by atoms with E-state index in [1.807, 2.05) is 13.8 Å². The van der Waals surface area contributed by atoms with Crippen molar-refractivity contribution in [1.82, 2.24) is 5.32 Å². The maximum absolute atomic E-state index is 5.87. The smallest absolute Gasteiger partial charge is 0.186 e. The Morgan fingerprint density at radius 2 is 1.94 bits per heavy atom. The highest BCUT2D eigenvalue weighted by atomic mass is 79.9. The van der Waals surface area contributed by atoms with Gasteiger partial charge in [-0.15, -0.1) is 17.0 Å². The Morgan fingerprint density at radius 1 is 1.28 bits per heavy atom. The van der Waals surface area contributed by atoms with Crippen LogP contribution in [0.25, 0.3) is 0 Å². The minimum atomic E-state index is -0.552. The summed E-state index contributed by atoms with van der Waals surface area (Å²) in [7, 11) is 1.63. The lowest BCUT2D eigenvalue weighted by atomic mass is 10.1. The summed E-state index contributed by atoms with van der Waals surface area (Å²) in [5.74, 6) is -0.552. The van der Waals surface area contributed by atoms with Gasteiger partial charge in [0.05, 0.1) is 0 Å². The molecule has 5 nitrogen and oxygen atoms in total. The van der Waals surface area contributed by atoms with Gasteiger partial charge in [0.1, 0.15) is 18.3 Å². The molecule has 2 saturated heterocycles. The quantitative estimate of drug-likeness (QED) is 0.568. The van der Waals surface area contributed by atoms with Crippen molar-refractivity contribution in [3.63, 3.8) is 0 Å². The Kier molecular flexibility index (Phi) is 6.51. The fourth-order valence-electron chi connectivity index (χ4n) is 2.31. The molecule has 2 rings (SSSR count). The van der Waals surface area contributed by atoms with Gasteiger partial charge in [0.15, 0.2) is 12.1 Å². The first-order valence-corrected chi connectivity index (χ1v) is 7.00. The van der Waals surface area contributed by atoms with Crippen molar-refractivity contribution < 1.29 is 18.9 Å². The molecule has 0 unspecified atom stereocenters. The Balaban J connectivity index is 0.00000162. The molecule has 0 aromatic rings. The zero-order chi connectivity index (χ0) is 12.5. The van der Waals surface area contributed by atoms with Gasteiger partial charge < -0.3 is 24.3 Å². The summed E-state index contributed by atoms with van der Waals surface area (Å²) in [5.41, 5.74) is 0. The molecular formula is C11H21Br2NO4. The molecule has 2 heterocycles. The fourth-order valence-corrected chi connectivity index (χ4v) is 2.59. The topological polar surface area (TPSA) is 49.0 Å². The predicted molar refractivity (Wildman–Crippen MR) is 76.5 cm³/mol. The average molecular weight is 391 g/mol. The van der Waals surface area contributed by atoms with Gasteiger partial charge in [-0.2, -0.15) is 0 Å². The van der Waals surface area contributed by atoms with Crippen molar-refractivity contribution in [1.29, 1.82) is 0 Å². The molecule has 108 valence electrons. The first-order valence-electron chi connectivity index (χ1n) is 5.88. The minimum absolute atomic E-state index is 0. The van der Waals surface area contributed by atoms with Crippen LogP contribution in [-0.4, -0.2) is 55.9 Å². The van der Waals surface area contributed by atoms with Gasteiger partial charge in [0.2, 0.25) is 0 Å². The molecule has 0 aromatic carbocycles. The van der Waals surface area contributed by atoms with Crippen molar-refractivity contribution in [3.05, 3.63) is 0 Å². The molecule has 18 heavy (non-hydrogen) atoms. The lowest BCUT2D eigenvalue weighted by Crippen LogP contribution is -2.38. The van der Waals surface area contributed by atoms with Crippen LogP contribution in [0.2, 0.25) is 0 Å². The van der Waals surface area contributed by atoms with Crippen LogP contribution in [0.3, 0.4) is 0 Å². The van der Waals surface area contributed by atoms with E-state index in [1.165, 1.54) is 0 Å². The van der Waals surface area contributed by atoms with Gasteiger partial charge in [0.25, 0.3) is 0 Å². The second-order valence-corrected chi connectivity index (χ2v) is 5.53. The van der Waals surface area contributed by atoms with E-state index in [-0.39, 0.29) is 41.6 Å². The number of nitrogens with one attached hydrogen (secondary N) is 1. The maximum atomic E-state index is 5.87. The highest BCUT2D eigenvalue weighted by molar-refractivity contribution is 9.09. The molecule has 0 saturated carbocycles. The van der Waals surface area contributed by atoms with Crippen molar-refractivity contribution in [3.8, 4) is 0 Å². The van der Waals surface area contributed by atoms with Crippen LogP contribution in [0, 0.1) is 0 Å². The zero-order valence-corrected chi connectivity index (χ0v) is 14.1. The molecule has 7 heteroatoms. The SMILES string of the molecule is Br.CO[C@@H]1O[C@H](CNCCBr)[C@H]2OC(C)(C)O[C@@H]12. The largest absolute Gasteiger partial charge is 0.353 e. The van der Waals surface area contributed by atoms with Crippen LogP contribution in [0.1, 0.15) is 13.8 Å². The summed E-state index contributed by atoms with van der Waals surface area (Å²) < 4.78 is 22.7. The highest BCUT2D eigenvalue weighted by Gasteiger charge is 2.55. The molecule has 0 aliphatic carbocycles. The number of ether oxygens (including phenoxy) is 4. The minimum Gasteiger partial charge on any atom is -0.353 e. The third-order valence-corrected chi connectivity index (χ3v) is 3.35. The van der Waals surface area contributed by atoms with E-state index >= 15 is 0 Å². The van der Waals surface area contributed by atoms with Crippen molar-refractivity contribution >= 4 is 32.9 Å². The van der Waals surface area contributed by atoms with E-state index < -0.39 is 5.79 Å². The number of rotatable bonds is 5. The molecule has 1 N–H and O–H groups in total. The molecule has 0 spiro atoms. The molecule has 4 atom stereocenters. The van der Waals surface area contributed by atoms with Crippen LogP contribution in [0.5, 0.6) is 0 Å². The first-order chi connectivity index (χ1) is 8.07. The highest BCUT2D eigenvalue weighted by Crippen LogP contribution is 2.38. The zero-order valence-electron chi connectivity index (χ0n) is 10.8. The Bertz CT molecular complexity index is 267. The summed E-state index contributed by atoms with van der Waals surface area (Å²) in [6, 6.07) is 0. The first kappa shape index (κ1) is 16.8. The van der Waals surface area contributed by atoms with Crippen LogP contribution >= 0.6 is 32.9 Å². The standard InChI is InChI=1S/C11H20BrNO4.BrH/c1-11(2)16-8-7(6-13-5-4-12)15-10(14-3)9(8)17-11;/h7-10,13H,4-6H2,1-3H3;1H/t7-,8-,9-,10-;/m1./s1. The molecule has 2 aliphatic rings. The second-order valence-electron chi connectivity index (χ2n) is 4.74. The van der Waals surface area contributed by atoms with E-state index in [9.17, 15) is 0 Å². The predicted octanol–water partition coefficient (Wildman–Crippen LogP) is 1.44. The van der Waals surface area contributed by atoms with Crippen molar-refractivity contribution in [2.45, 2.75) is 44.2 Å². The molecule has 0 aromatic heterocycles. The lowest BCUT2D eigenvalue weighted by molar-refractivity contribution is -0.226. The third kappa shape index (κ3) is 3.65. The Hall–Kier alpha value is 0.760. The Labute approximate surface area is 127 Å². The fraction of sp³-hybridized carbons (Fsp3) is 1.00. The number of hydrogen-bond donors (Lipinski definition) is 1. The number of halogens is 2. The number of alkyl halides is 1. The normalized spacial score (nSPS) is 37.3. The molecule has 0 radical (unpaired) electrons. The number of methoxy groups -OCH3 is 1. The molecule has 0 bridgehead atoms. The van der Waals surface area contributed by atoms with Crippen LogP contribution in [0.15, 0.2) is 0 Å². The van der Waals surface area contributed by atoms with Gasteiger partial charge in [-0.05, 0) is 13.8 Å². The second kappa shape index (κ2) is 6.97. The summed E-state index contributed by atoms with van der Waals surface area (Å²) in [4.78, 5) is 0. The monoisotopic (exact) mass is 389 g/mol. The summed E-state index contributed by atoms with van der Waals surface area (Å²) >= 11 is 3.38. The molecule has 2 aliphatic heterocycles. The van der Waals surface area contributed by atoms with E-state index in [1.54, 1.807) is 7.11 Å². The summed E-state index contributed by atoms with van der Waals surface area (Å²) in [5, 5.41) is 4.22. The Morgan fingerprint density at radius 3 is 2.56 bits per heavy atom. The van der Waals surface area contributed by atoms with Gasteiger partial charge in [-0.1, -0.05) is 15.9 Å². The van der Waals surface area contributed by atoms with Crippen molar-refractivity contribution in [2.75, 3.05) is 25.5 Å². The van der Waals surface area contributed by atoms with E-state index in [0.29, 0.717) is 0 Å². The van der Waals surface area contributed by atoms with E-state index in [0.717, 1.165) is 18.4 Å².